The molecular formula is C13H16N4O3. The summed E-state index contributed by atoms with van der Waals surface area (Å²) in [6.07, 6.45) is 2.25. The maximum Gasteiger partial charge on any atom is 0.354 e. The molecule has 0 aliphatic carbocycles. The molecule has 0 aliphatic heterocycles. The summed E-state index contributed by atoms with van der Waals surface area (Å²) in [5, 5.41) is 15.9. The number of carbonyl (C=O) groups is 2. The number of nitrogens with one attached hydrogen (secondary N) is 2. The van der Waals surface area contributed by atoms with Gasteiger partial charge in [-0.05, 0) is 19.4 Å². The molecule has 2 rings (SSSR count). The largest absolute Gasteiger partial charge is 0.477 e. The third-order valence-electron chi connectivity index (χ3n) is 2.90. The van der Waals surface area contributed by atoms with E-state index >= 15 is 0 Å². The van der Waals surface area contributed by atoms with Crippen LogP contribution in [0.3, 0.4) is 0 Å². The molecule has 2 aromatic heterocycles. The Hall–Kier alpha value is -2.57. The zero-order chi connectivity index (χ0) is 14.9. The predicted molar refractivity (Wildman–Crippen MR) is 73.0 cm³/mol. The van der Waals surface area contributed by atoms with E-state index in [4.69, 9.17) is 5.11 Å². The highest BCUT2D eigenvalue weighted by molar-refractivity contribution is 6.07. The molecule has 0 aliphatic rings. The quantitative estimate of drug-likeness (QED) is 0.789. The summed E-state index contributed by atoms with van der Waals surface area (Å²) in [4.78, 5) is 26.0. The van der Waals surface area contributed by atoms with Gasteiger partial charge in [-0.25, -0.2) is 4.79 Å². The number of H-pyrrole nitrogens is 1. The van der Waals surface area contributed by atoms with Crippen molar-refractivity contribution in [2.75, 3.05) is 5.32 Å². The minimum atomic E-state index is -1.12. The number of amides is 1. The first-order chi connectivity index (χ1) is 9.42. The van der Waals surface area contributed by atoms with Gasteiger partial charge in [0, 0.05) is 18.9 Å². The first-order valence-electron chi connectivity index (χ1n) is 6.19. The first kappa shape index (κ1) is 13.9. The van der Waals surface area contributed by atoms with Gasteiger partial charge in [-0.3, -0.25) is 9.48 Å². The summed E-state index contributed by atoms with van der Waals surface area (Å²) in [5.74, 6) is -1.48. The topological polar surface area (TPSA) is 100 Å². The fourth-order valence-electron chi connectivity index (χ4n) is 2.03. The second-order valence-electron chi connectivity index (χ2n) is 4.52. The normalized spacial score (nSPS) is 10.6. The molecule has 0 aromatic carbocycles. The lowest BCUT2D eigenvalue weighted by molar-refractivity contribution is 0.0692. The number of aromatic nitrogens is 3. The maximum absolute atomic E-state index is 12.2. The lowest BCUT2D eigenvalue weighted by Crippen LogP contribution is -2.15. The molecule has 0 spiro atoms. The summed E-state index contributed by atoms with van der Waals surface area (Å²) >= 11 is 0. The number of hydrogen-bond donors (Lipinski definition) is 3. The number of aromatic carboxylic acids is 1. The molecule has 0 unspecified atom stereocenters. The van der Waals surface area contributed by atoms with Crippen LogP contribution in [0.4, 0.5) is 5.69 Å². The highest BCUT2D eigenvalue weighted by atomic mass is 16.4. The van der Waals surface area contributed by atoms with E-state index in [-0.39, 0.29) is 17.3 Å². The van der Waals surface area contributed by atoms with Crippen LogP contribution in [0.15, 0.2) is 12.3 Å². The summed E-state index contributed by atoms with van der Waals surface area (Å²) < 4.78 is 1.56. The van der Waals surface area contributed by atoms with E-state index in [1.807, 2.05) is 6.92 Å². The van der Waals surface area contributed by atoms with E-state index in [1.54, 1.807) is 30.9 Å². The van der Waals surface area contributed by atoms with E-state index in [0.717, 1.165) is 0 Å². The van der Waals surface area contributed by atoms with Crippen LogP contribution in [0.25, 0.3) is 0 Å². The van der Waals surface area contributed by atoms with Crippen LogP contribution < -0.4 is 5.32 Å². The zero-order valence-corrected chi connectivity index (χ0v) is 11.5. The molecule has 106 valence electrons. The van der Waals surface area contributed by atoms with Gasteiger partial charge >= 0.3 is 5.97 Å². The Labute approximate surface area is 115 Å². The first-order valence-corrected chi connectivity index (χ1v) is 6.19. The van der Waals surface area contributed by atoms with E-state index in [1.165, 1.54) is 0 Å². The Morgan fingerprint density at radius 2 is 2.20 bits per heavy atom. The van der Waals surface area contributed by atoms with Crippen LogP contribution >= 0.6 is 0 Å². The molecule has 20 heavy (non-hydrogen) atoms. The van der Waals surface area contributed by atoms with Gasteiger partial charge < -0.3 is 15.4 Å². The van der Waals surface area contributed by atoms with Crippen molar-refractivity contribution in [1.29, 1.82) is 0 Å². The molecule has 1 amide bonds. The van der Waals surface area contributed by atoms with Crippen molar-refractivity contribution in [3.05, 3.63) is 34.9 Å². The van der Waals surface area contributed by atoms with Crippen molar-refractivity contribution < 1.29 is 14.7 Å². The average molecular weight is 276 g/mol. The summed E-state index contributed by atoms with van der Waals surface area (Å²) in [7, 11) is 1.74. The Morgan fingerprint density at radius 3 is 2.80 bits per heavy atom. The Kier molecular flexibility index (Phi) is 3.60. The predicted octanol–water partition coefficient (Wildman–Crippen LogP) is 1.57. The van der Waals surface area contributed by atoms with Crippen molar-refractivity contribution in [2.45, 2.75) is 20.3 Å². The Morgan fingerprint density at radius 1 is 1.50 bits per heavy atom. The van der Waals surface area contributed by atoms with Gasteiger partial charge in [-0.15, -0.1) is 0 Å². The number of anilines is 1. The lowest BCUT2D eigenvalue weighted by atomic mass is 10.2. The number of aromatic amines is 1. The van der Waals surface area contributed by atoms with Gasteiger partial charge in [0.1, 0.15) is 5.69 Å². The number of carboxylic acids is 1. The van der Waals surface area contributed by atoms with Gasteiger partial charge in [-0.2, -0.15) is 5.10 Å². The monoisotopic (exact) mass is 276 g/mol. The standard InChI is InChI=1S/C13H16N4O3/c1-4-9-8(6-17(3)16-9)12(18)15-10-5-7(2)14-11(10)13(19)20/h5-6,14H,4H2,1-3H3,(H,15,18)(H,19,20). The van der Waals surface area contributed by atoms with Crippen molar-refractivity contribution >= 4 is 17.6 Å². The molecule has 0 fully saturated rings. The van der Waals surface area contributed by atoms with E-state index in [9.17, 15) is 9.59 Å². The second kappa shape index (κ2) is 5.20. The molecule has 0 saturated heterocycles. The van der Waals surface area contributed by atoms with Gasteiger partial charge in [0.05, 0.1) is 16.9 Å². The molecule has 2 aromatic rings. The molecule has 3 N–H and O–H groups in total. The SMILES string of the molecule is CCc1nn(C)cc1C(=O)Nc1cc(C)[nH]c1C(=O)O. The summed E-state index contributed by atoms with van der Waals surface area (Å²) in [6, 6.07) is 1.59. The van der Waals surface area contributed by atoms with Crippen LogP contribution in [-0.4, -0.2) is 31.7 Å². The molecule has 0 bridgehead atoms. The van der Waals surface area contributed by atoms with Crippen LogP contribution in [0.2, 0.25) is 0 Å². The molecule has 0 saturated carbocycles. The third-order valence-corrected chi connectivity index (χ3v) is 2.90. The van der Waals surface area contributed by atoms with Crippen molar-refractivity contribution in [2.24, 2.45) is 7.05 Å². The molecule has 0 atom stereocenters. The van der Waals surface area contributed by atoms with E-state index in [0.29, 0.717) is 23.4 Å². The molecule has 2 heterocycles. The minimum absolute atomic E-state index is 0.0298. The minimum Gasteiger partial charge on any atom is -0.477 e. The lowest BCUT2D eigenvalue weighted by Gasteiger charge is -2.03. The number of carbonyl (C=O) groups excluding carboxylic acids is 1. The summed E-state index contributed by atoms with van der Waals surface area (Å²) in [6.45, 7) is 3.63. The number of rotatable bonds is 4. The van der Waals surface area contributed by atoms with Crippen LogP contribution in [0.1, 0.15) is 39.2 Å². The van der Waals surface area contributed by atoms with Crippen molar-refractivity contribution in [1.82, 2.24) is 14.8 Å². The summed E-state index contributed by atoms with van der Waals surface area (Å²) in [5.41, 5.74) is 2.02. The van der Waals surface area contributed by atoms with Gasteiger partial charge in [0.25, 0.3) is 5.91 Å². The van der Waals surface area contributed by atoms with Crippen molar-refractivity contribution in [3.8, 4) is 0 Å². The number of aryl methyl sites for hydroxylation is 3. The Bertz CT molecular complexity index is 669. The van der Waals surface area contributed by atoms with Crippen molar-refractivity contribution in [3.63, 3.8) is 0 Å². The highest BCUT2D eigenvalue weighted by Crippen LogP contribution is 2.18. The highest BCUT2D eigenvalue weighted by Gasteiger charge is 2.19. The number of nitrogens with zero attached hydrogens (tertiary/aromatic N) is 2. The number of carboxylic acid groups (broad SMARTS) is 1. The molecule has 7 nitrogen and oxygen atoms in total. The van der Waals surface area contributed by atoms with Gasteiger partial charge in [0.15, 0.2) is 0 Å². The second-order valence-corrected chi connectivity index (χ2v) is 4.52. The Balaban J connectivity index is 2.30. The van der Waals surface area contributed by atoms with Gasteiger partial charge in [0.2, 0.25) is 0 Å². The average Bonchev–Trinajstić information content (AvgIpc) is 2.92. The van der Waals surface area contributed by atoms with E-state index in [2.05, 4.69) is 15.4 Å². The van der Waals surface area contributed by atoms with Gasteiger partial charge in [-0.1, -0.05) is 6.92 Å². The maximum atomic E-state index is 12.2. The van der Waals surface area contributed by atoms with Crippen LogP contribution in [0.5, 0.6) is 0 Å². The fourth-order valence-corrected chi connectivity index (χ4v) is 2.03. The number of hydrogen-bond acceptors (Lipinski definition) is 3. The molecule has 7 heteroatoms. The van der Waals surface area contributed by atoms with Crippen LogP contribution in [0, 0.1) is 6.92 Å². The zero-order valence-electron chi connectivity index (χ0n) is 11.5. The van der Waals surface area contributed by atoms with E-state index < -0.39 is 5.97 Å². The smallest absolute Gasteiger partial charge is 0.354 e. The third kappa shape index (κ3) is 2.56. The fraction of sp³-hybridized carbons (Fsp3) is 0.308. The molecular weight excluding hydrogens is 260 g/mol. The van der Waals surface area contributed by atoms with Crippen LogP contribution in [-0.2, 0) is 13.5 Å². The molecule has 0 radical (unpaired) electrons.